The number of piperazine rings is 1. The van der Waals surface area contributed by atoms with Crippen LogP contribution in [0.15, 0.2) is 11.4 Å². The van der Waals surface area contributed by atoms with Crippen LogP contribution in [0.5, 0.6) is 0 Å². The number of nitrogens with one attached hydrogen (secondary N) is 3. The van der Waals surface area contributed by atoms with E-state index in [0.717, 1.165) is 26.2 Å². The van der Waals surface area contributed by atoms with Crippen LogP contribution >= 0.6 is 11.3 Å². The zero-order chi connectivity index (χ0) is 13.8. The molecule has 0 unspecified atom stereocenters. The summed E-state index contributed by atoms with van der Waals surface area (Å²) in [6.45, 7) is 6.22. The molecule has 0 radical (unpaired) electrons. The highest BCUT2D eigenvalue weighted by Gasteiger charge is 2.30. The summed E-state index contributed by atoms with van der Waals surface area (Å²) in [4.78, 5) is 15.1. The van der Waals surface area contributed by atoms with Gasteiger partial charge in [0.15, 0.2) is 6.04 Å². The molecule has 2 heterocycles. The maximum Gasteiger partial charge on any atom is 0.283 e. The van der Waals surface area contributed by atoms with Gasteiger partial charge in [0.05, 0.1) is 12.6 Å². The molecule has 0 bridgehead atoms. The van der Waals surface area contributed by atoms with Crippen LogP contribution in [0.25, 0.3) is 0 Å². The van der Waals surface area contributed by atoms with Gasteiger partial charge in [0.2, 0.25) is 0 Å². The maximum atomic E-state index is 12.2. The molecule has 3 N–H and O–H groups in total. The van der Waals surface area contributed by atoms with Crippen molar-refractivity contribution in [2.75, 3.05) is 38.5 Å². The largest absolute Gasteiger partial charge is 0.328 e. The molecule has 1 aliphatic heterocycles. The number of likely N-dealkylation sites (N-methyl/N-ethyl adjacent to an activating group) is 1. The SMILES string of the molecule is C[C@@H](C(=O)Nc1sccc1C#N)[NH+]1CC[NH+](C)CC1. The Morgan fingerprint density at radius 1 is 1.47 bits per heavy atom. The van der Waals surface area contributed by atoms with E-state index < -0.39 is 0 Å². The molecule has 5 nitrogen and oxygen atoms in total. The molecule has 1 atom stereocenters. The van der Waals surface area contributed by atoms with Crippen LogP contribution in [0.2, 0.25) is 0 Å². The van der Waals surface area contributed by atoms with E-state index in [1.807, 2.05) is 12.3 Å². The first-order chi connectivity index (χ1) is 9.11. The van der Waals surface area contributed by atoms with Crippen LogP contribution in [-0.2, 0) is 4.79 Å². The third-order valence-electron chi connectivity index (χ3n) is 3.77. The molecule has 1 amide bonds. The first-order valence-electron chi connectivity index (χ1n) is 6.56. The van der Waals surface area contributed by atoms with Crippen molar-refractivity contribution in [2.24, 2.45) is 0 Å². The highest BCUT2D eigenvalue weighted by Crippen LogP contribution is 2.21. The molecule has 1 fully saturated rings. The molecule has 1 aliphatic rings. The summed E-state index contributed by atoms with van der Waals surface area (Å²) >= 11 is 1.40. The number of nitrogens with zero attached hydrogens (tertiary/aromatic N) is 1. The van der Waals surface area contributed by atoms with Gasteiger partial charge in [-0.05, 0) is 18.4 Å². The summed E-state index contributed by atoms with van der Waals surface area (Å²) in [5.74, 6) is 0.00787. The number of rotatable bonds is 3. The molecule has 6 heteroatoms. The van der Waals surface area contributed by atoms with E-state index in [-0.39, 0.29) is 11.9 Å². The van der Waals surface area contributed by atoms with Gasteiger partial charge in [0, 0.05) is 0 Å². The monoisotopic (exact) mass is 280 g/mol. The highest BCUT2D eigenvalue weighted by atomic mass is 32.1. The summed E-state index contributed by atoms with van der Waals surface area (Å²) in [5.41, 5.74) is 0.545. The van der Waals surface area contributed by atoms with Crippen LogP contribution in [-0.4, -0.2) is 45.2 Å². The van der Waals surface area contributed by atoms with Gasteiger partial charge in [-0.15, -0.1) is 11.3 Å². The fraction of sp³-hybridized carbons (Fsp3) is 0.538. The van der Waals surface area contributed by atoms with E-state index in [0.29, 0.717) is 10.6 Å². The van der Waals surface area contributed by atoms with Crippen molar-refractivity contribution < 1.29 is 14.6 Å². The van der Waals surface area contributed by atoms with E-state index in [9.17, 15) is 4.79 Å². The van der Waals surface area contributed by atoms with Crippen LogP contribution in [0.1, 0.15) is 12.5 Å². The Balaban J connectivity index is 1.95. The second kappa shape index (κ2) is 6.15. The Kier molecular flexibility index (Phi) is 4.53. The van der Waals surface area contributed by atoms with E-state index in [2.05, 4.69) is 18.4 Å². The lowest BCUT2D eigenvalue weighted by atomic mass is 10.2. The highest BCUT2D eigenvalue weighted by molar-refractivity contribution is 7.14. The number of quaternary nitrogens is 2. The van der Waals surface area contributed by atoms with Crippen LogP contribution in [0.4, 0.5) is 5.00 Å². The third kappa shape index (κ3) is 3.32. The van der Waals surface area contributed by atoms with Crippen LogP contribution in [0, 0.1) is 11.3 Å². The molecule has 102 valence electrons. The Hall–Kier alpha value is -1.42. The van der Waals surface area contributed by atoms with Crippen molar-refractivity contribution in [1.29, 1.82) is 5.26 Å². The van der Waals surface area contributed by atoms with E-state index in [4.69, 9.17) is 5.26 Å². The molecule has 1 saturated heterocycles. The second-order valence-electron chi connectivity index (χ2n) is 5.10. The molecular weight excluding hydrogens is 260 g/mol. The molecular formula is C13H20N4OS+2. The van der Waals surface area contributed by atoms with Gasteiger partial charge >= 0.3 is 0 Å². The molecule has 0 spiro atoms. The van der Waals surface area contributed by atoms with Crippen molar-refractivity contribution in [3.8, 4) is 6.07 Å². The minimum Gasteiger partial charge on any atom is -0.328 e. The van der Waals surface area contributed by atoms with Crippen molar-refractivity contribution in [1.82, 2.24) is 0 Å². The quantitative estimate of drug-likeness (QED) is 0.622. The van der Waals surface area contributed by atoms with E-state index in [1.165, 1.54) is 21.1 Å². The molecule has 1 aromatic heterocycles. The predicted molar refractivity (Wildman–Crippen MR) is 74.4 cm³/mol. The van der Waals surface area contributed by atoms with Gasteiger partial charge < -0.3 is 15.1 Å². The van der Waals surface area contributed by atoms with E-state index in [1.54, 1.807) is 6.07 Å². The summed E-state index contributed by atoms with van der Waals surface area (Å²) in [6.07, 6.45) is 0. The van der Waals surface area contributed by atoms with Crippen LogP contribution < -0.4 is 15.1 Å². The van der Waals surface area contributed by atoms with Gasteiger partial charge in [0.25, 0.3) is 5.91 Å². The number of hydrogen-bond donors (Lipinski definition) is 3. The zero-order valence-corrected chi connectivity index (χ0v) is 12.1. The van der Waals surface area contributed by atoms with Crippen LogP contribution in [0.3, 0.4) is 0 Å². The fourth-order valence-corrected chi connectivity index (χ4v) is 3.07. The molecule has 0 saturated carbocycles. The average Bonchev–Trinajstić information content (AvgIpc) is 2.86. The molecule has 0 aromatic carbocycles. The molecule has 19 heavy (non-hydrogen) atoms. The normalized spacial score (nSPS) is 24.5. The maximum absolute atomic E-state index is 12.2. The van der Waals surface area contributed by atoms with Crippen molar-refractivity contribution in [2.45, 2.75) is 13.0 Å². The predicted octanol–water partition coefficient (Wildman–Crippen LogP) is -1.64. The van der Waals surface area contributed by atoms with E-state index >= 15 is 0 Å². The number of anilines is 1. The average molecular weight is 280 g/mol. The number of amides is 1. The number of carbonyl (C=O) groups is 1. The summed E-state index contributed by atoms with van der Waals surface area (Å²) in [7, 11) is 2.19. The molecule has 1 aromatic rings. The summed E-state index contributed by atoms with van der Waals surface area (Å²) < 4.78 is 0. The Morgan fingerprint density at radius 2 is 2.16 bits per heavy atom. The number of carbonyl (C=O) groups excluding carboxylic acids is 1. The number of hydrogen-bond acceptors (Lipinski definition) is 3. The van der Waals surface area contributed by atoms with Gasteiger partial charge in [-0.2, -0.15) is 5.26 Å². The zero-order valence-electron chi connectivity index (χ0n) is 11.3. The Labute approximate surface area is 117 Å². The van der Waals surface area contributed by atoms with Crippen molar-refractivity contribution in [3.63, 3.8) is 0 Å². The topological polar surface area (TPSA) is 61.8 Å². The van der Waals surface area contributed by atoms with Gasteiger partial charge in [-0.3, -0.25) is 4.79 Å². The first-order valence-corrected chi connectivity index (χ1v) is 7.44. The minimum absolute atomic E-state index is 0.00787. The Bertz CT molecular complexity index is 485. The number of thiophene rings is 1. The standard InChI is InChI=1S/C13H18N4OS/c1-10(17-6-4-16(2)5-7-17)12(18)15-13-11(9-14)3-8-19-13/h3,8,10H,4-7H2,1-2H3,(H,15,18)/p+2/t10-/m0/s1. The minimum atomic E-state index is -0.0678. The lowest BCUT2D eigenvalue weighted by Crippen LogP contribution is -3.29. The van der Waals surface area contributed by atoms with Gasteiger partial charge in [-0.1, -0.05) is 0 Å². The first kappa shape index (κ1) is 14.0. The van der Waals surface area contributed by atoms with Gasteiger partial charge in [-0.25, -0.2) is 0 Å². The van der Waals surface area contributed by atoms with Gasteiger partial charge in [0.1, 0.15) is 37.2 Å². The fourth-order valence-electron chi connectivity index (χ4n) is 2.33. The smallest absolute Gasteiger partial charge is 0.283 e. The second-order valence-corrected chi connectivity index (χ2v) is 6.02. The van der Waals surface area contributed by atoms with Crippen molar-refractivity contribution >= 4 is 22.2 Å². The molecule has 2 rings (SSSR count). The lowest BCUT2D eigenvalue weighted by Gasteiger charge is -2.30. The molecule has 0 aliphatic carbocycles. The third-order valence-corrected chi connectivity index (χ3v) is 4.60. The summed E-state index contributed by atoms with van der Waals surface area (Å²) in [6, 6.07) is 3.76. The van der Waals surface area contributed by atoms with Crippen molar-refractivity contribution in [3.05, 3.63) is 17.0 Å². The Morgan fingerprint density at radius 3 is 2.79 bits per heavy atom. The lowest BCUT2D eigenvalue weighted by molar-refractivity contribution is -1.01. The number of nitriles is 1. The summed E-state index contributed by atoms with van der Waals surface area (Å²) in [5, 5.41) is 14.3.